The summed E-state index contributed by atoms with van der Waals surface area (Å²) in [7, 11) is -3.79. The molecule has 3 aromatic rings. The fraction of sp³-hybridized carbons (Fsp3) is 0.0500. The van der Waals surface area contributed by atoms with Gasteiger partial charge in [0, 0.05) is 15.5 Å². The van der Waals surface area contributed by atoms with Crippen LogP contribution >= 0.6 is 11.8 Å². The van der Waals surface area contributed by atoms with Crippen LogP contribution in [0.2, 0.25) is 0 Å². The molecule has 138 valence electrons. The van der Waals surface area contributed by atoms with Crippen molar-refractivity contribution in [1.82, 2.24) is 0 Å². The van der Waals surface area contributed by atoms with Crippen LogP contribution in [0.5, 0.6) is 0 Å². The lowest BCUT2D eigenvalue weighted by Gasteiger charge is -2.11. The van der Waals surface area contributed by atoms with Gasteiger partial charge in [-0.2, -0.15) is 0 Å². The Balaban J connectivity index is 1.90. The van der Waals surface area contributed by atoms with Crippen molar-refractivity contribution >= 4 is 33.4 Å². The predicted molar refractivity (Wildman–Crippen MR) is 106 cm³/mol. The topological polar surface area (TPSA) is 83.5 Å². The van der Waals surface area contributed by atoms with E-state index in [1.54, 1.807) is 24.3 Å². The Kier molecular flexibility index (Phi) is 5.53. The zero-order chi connectivity index (χ0) is 19.4. The van der Waals surface area contributed by atoms with E-state index >= 15 is 0 Å². The zero-order valence-corrected chi connectivity index (χ0v) is 16.0. The molecule has 2 N–H and O–H groups in total. The number of rotatable bonds is 6. The van der Waals surface area contributed by atoms with Crippen LogP contribution in [0, 0.1) is 6.92 Å². The van der Waals surface area contributed by atoms with Crippen LogP contribution in [-0.4, -0.2) is 19.5 Å². The first-order chi connectivity index (χ1) is 12.8. The van der Waals surface area contributed by atoms with E-state index in [1.165, 1.54) is 30.0 Å². The lowest BCUT2D eigenvalue weighted by atomic mass is 10.2. The Morgan fingerprint density at radius 1 is 0.963 bits per heavy atom. The van der Waals surface area contributed by atoms with Gasteiger partial charge in [0.1, 0.15) is 0 Å². The fourth-order valence-electron chi connectivity index (χ4n) is 2.40. The Bertz CT molecular complexity index is 1060. The number of hydrogen-bond acceptors (Lipinski definition) is 4. The zero-order valence-electron chi connectivity index (χ0n) is 14.4. The number of carboxylic acid groups (broad SMARTS) is 1. The minimum absolute atomic E-state index is 0.0351. The third-order valence-electron chi connectivity index (χ3n) is 3.76. The summed E-state index contributed by atoms with van der Waals surface area (Å²) >= 11 is 1.31. The van der Waals surface area contributed by atoms with Crippen LogP contribution in [0.1, 0.15) is 15.9 Å². The first-order valence-corrected chi connectivity index (χ1v) is 10.3. The summed E-state index contributed by atoms with van der Waals surface area (Å²) in [4.78, 5) is 13.2. The molecule has 27 heavy (non-hydrogen) atoms. The molecule has 3 rings (SSSR count). The number of aromatic carboxylic acids is 1. The lowest BCUT2D eigenvalue weighted by molar-refractivity contribution is 0.0693. The fourth-order valence-corrected chi connectivity index (χ4v) is 4.39. The molecule has 0 aromatic heterocycles. The summed E-state index contributed by atoms with van der Waals surface area (Å²) in [5, 5.41) is 9.52. The minimum Gasteiger partial charge on any atom is -0.478 e. The second-order valence-electron chi connectivity index (χ2n) is 5.85. The van der Waals surface area contributed by atoms with Gasteiger partial charge in [-0.05, 0) is 49.4 Å². The third kappa shape index (κ3) is 4.69. The van der Waals surface area contributed by atoms with E-state index in [9.17, 15) is 18.3 Å². The molecule has 0 fully saturated rings. The van der Waals surface area contributed by atoms with Crippen LogP contribution in [0.15, 0.2) is 87.5 Å². The Morgan fingerprint density at radius 3 is 2.26 bits per heavy atom. The molecule has 0 saturated heterocycles. The van der Waals surface area contributed by atoms with Crippen molar-refractivity contribution in [2.45, 2.75) is 21.6 Å². The monoisotopic (exact) mass is 399 g/mol. The number of carboxylic acids is 1. The van der Waals surface area contributed by atoms with Crippen molar-refractivity contribution in [2.75, 3.05) is 4.72 Å². The van der Waals surface area contributed by atoms with E-state index in [0.29, 0.717) is 4.90 Å². The molecule has 0 radical (unpaired) electrons. The maximum atomic E-state index is 12.5. The number of sulfonamides is 1. The smallest absolute Gasteiger partial charge is 0.336 e. The predicted octanol–water partition coefficient (Wildman–Crippen LogP) is 4.65. The number of anilines is 1. The standard InChI is InChI=1S/C20H17NO4S2/c1-14-7-10-17(11-8-14)27(24,25)21-15-9-12-19(18(13-15)20(22)23)26-16-5-3-2-4-6-16/h2-13,21H,1H3,(H,22,23). The summed E-state index contributed by atoms with van der Waals surface area (Å²) in [5.74, 6) is -1.12. The Labute approximate surface area is 162 Å². The van der Waals surface area contributed by atoms with Gasteiger partial charge in [-0.15, -0.1) is 0 Å². The number of hydrogen-bond donors (Lipinski definition) is 2. The van der Waals surface area contributed by atoms with E-state index in [1.807, 2.05) is 37.3 Å². The van der Waals surface area contributed by atoms with Crippen LogP contribution in [0.3, 0.4) is 0 Å². The molecular formula is C20H17NO4S2. The van der Waals surface area contributed by atoms with Gasteiger partial charge in [0.15, 0.2) is 0 Å². The third-order valence-corrected chi connectivity index (χ3v) is 6.25. The molecule has 0 amide bonds. The lowest BCUT2D eigenvalue weighted by Crippen LogP contribution is -2.13. The maximum Gasteiger partial charge on any atom is 0.336 e. The molecule has 0 bridgehead atoms. The molecule has 3 aromatic carbocycles. The number of nitrogens with one attached hydrogen (secondary N) is 1. The molecule has 0 saturated carbocycles. The highest BCUT2D eigenvalue weighted by Gasteiger charge is 2.17. The summed E-state index contributed by atoms with van der Waals surface area (Å²) in [6.07, 6.45) is 0. The van der Waals surface area contributed by atoms with Crippen molar-refractivity contribution in [3.05, 3.63) is 83.9 Å². The van der Waals surface area contributed by atoms with Crippen LogP contribution in [-0.2, 0) is 10.0 Å². The van der Waals surface area contributed by atoms with Crippen LogP contribution < -0.4 is 4.72 Å². The van der Waals surface area contributed by atoms with Gasteiger partial charge in [-0.25, -0.2) is 13.2 Å². The van der Waals surface area contributed by atoms with Gasteiger partial charge in [0.05, 0.1) is 10.5 Å². The first-order valence-electron chi connectivity index (χ1n) is 8.05. The van der Waals surface area contributed by atoms with Gasteiger partial charge >= 0.3 is 5.97 Å². The van der Waals surface area contributed by atoms with Gasteiger partial charge in [0.2, 0.25) is 0 Å². The van der Waals surface area contributed by atoms with Crippen molar-refractivity contribution in [1.29, 1.82) is 0 Å². The van der Waals surface area contributed by atoms with E-state index in [4.69, 9.17) is 0 Å². The van der Waals surface area contributed by atoms with E-state index in [2.05, 4.69) is 4.72 Å². The molecule has 0 aliphatic carbocycles. The SMILES string of the molecule is Cc1ccc(S(=O)(=O)Nc2ccc(Sc3ccccc3)c(C(=O)O)c2)cc1. The second-order valence-corrected chi connectivity index (χ2v) is 8.65. The largest absolute Gasteiger partial charge is 0.478 e. The summed E-state index contributed by atoms with van der Waals surface area (Å²) in [6.45, 7) is 1.87. The number of aryl methyl sites for hydroxylation is 1. The highest BCUT2D eigenvalue weighted by molar-refractivity contribution is 7.99. The van der Waals surface area contributed by atoms with Crippen molar-refractivity contribution in [3.63, 3.8) is 0 Å². The van der Waals surface area contributed by atoms with Crippen LogP contribution in [0.4, 0.5) is 5.69 Å². The van der Waals surface area contributed by atoms with Gasteiger partial charge in [-0.1, -0.05) is 47.7 Å². The van der Waals surface area contributed by atoms with Crippen molar-refractivity contribution in [2.24, 2.45) is 0 Å². The average Bonchev–Trinajstić information content (AvgIpc) is 2.64. The Morgan fingerprint density at radius 2 is 1.63 bits per heavy atom. The highest BCUT2D eigenvalue weighted by atomic mass is 32.2. The molecular weight excluding hydrogens is 382 g/mol. The first kappa shape index (κ1) is 19.0. The highest BCUT2D eigenvalue weighted by Crippen LogP contribution is 2.32. The molecule has 5 nitrogen and oxygen atoms in total. The van der Waals surface area contributed by atoms with Gasteiger partial charge in [-0.3, -0.25) is 4.72 Å². The molecule has 0 aliphatic rings. The quantitative estimate of drug-likeness (QED) is 0.631. The maximum absolute atomic E-state index is 12.5. The van der Waals surface area contributed by atoms with Crippen molar-refractivity contribution < 1.29 is 18.3 Å². The number of carbonyl (C=O) groups is 1. The summed E-state index contributed by atoms with van der Waals surface area (Å²) < 4.78 is 27.5. The molecule has 0 heterocycles. The molecule has 0 atom stereocenters. The van der Waals surface area contributed by atoms with E-state index in [0.717, 1.165) is 10.5 Å². The average molecular weight is 399 g/mol. The normalized spacial score (nSPS) is 11.1. The Hall–Kier alpha value is -2.77. The van der Waals surface area contributed by atoms with Crippen molar-refractivity contribution in [3.8, 4) is 0 Å². The van der Waals surface area contributed by atoms with E-state index < -0.39 is 16.0 Å². The second kappa shape index (κ2) is 7.85. The number of benzene rings is 3. The van der Waals surface area contributed by atoms with Crippen LogP contribution in [0.25, 0.3) is 0 Å². The summed E-state index contributed by atoms with van der Waals surface area (Å²) in [5.41, 5.74) is 1.18. The molecule has 0 spiro atoms. The van der Waals surface area contributed by atoms with Gasteiger partial charge in [0.25, 0.3) is 10.0 Å². The molecule has 0 unspecified atom stereocenters. The van der Waals surface area contributed by atoms with Gasteiger partial charge < -0.3 is 5.11 Å². The minimum atomic E-state index is -3.79. The molecule has 0 aliphatic heterocycles. The summed E-state index contributed by atoms with van der Waals surface area (Å²) in [6, 6.07) is 20.3. The van der Waals surface area contributed by atoms with E-state index in [-0.39, 0.29) is 16.1 Å². The molecule has 7 heteroatoms.